The van der Waals surface area contributed by atoms with Crippen molar-refractivity contribution in [3.05, 3.63) is 0 Å². The van der Waals surface area contributed by atoms with E-state index in [4.69, 9.17) is 24.3 Å². The number of imide groups is 3. The van der Waals surface area contributed by atoms with E-state index >= 15 is 0 Å². The number of sulfone groups is 3. The van der Waals surface area contributed by atoms with Gasteiger partial charge in [-0.15, -0.1) is 4.48 Å². The smallest absolute Gasteiger partial charge is 0.438 e. The fraction of sp³-hybridized carbons (Fsp3) is 0.846. The van der Waals surface area contributed by atoms with Gasteiger partial charge in [-0.2, -0.15) is 9.78 Å². The van der Waals surface area contributed by atoms with Crippen molar-refractivity contribution in [1.82, 2.24) is 15.1 Å². The Morgan fingerprint density at radius 1 is 0.635 bits per heavy atom. The topological polar surface area (TPSA) is 260 Å². The van der Waals surface area contributed by atoms with Gasteiger partial charge in [0.25, 0.3) is 0 Å². The summed E-state index contributed by atoms with van der Waals surface area (Å²) in [5.41, 5.74) is 0. The second-order valence-corrected chi connectivity index (χ2v) is 22.8. The number of carbonyl (C=O) groups excluding carboxylic acids is 4. The van der Waals surface area contributed by atoms with Gasteiger partial charge in [-0.05, 0) is 64.2 Å². The van der Waals surface area contributed by atoms with Crippen molar-refractivity contribution in [2.75, 3.05) is 87.1 Å². The summed E-state index contributed by atoms with van der Waals surface area (Å²) in [6.45, 7) is 5.80. The maximum absolute atomic E-state index is 14.5. The molecule has 2 fully saturated rings. The van der Waals surface area contributed by atoms with Crippen molar-refractivity contribution < 1.29 is 73.2 Å². The zero-order valence-electron chi connectivity index (χ0n) is 37.3. The molecule has 2 aliphatic rings. The highest BCUT2D eigenvalue weighted by Crippen LogP contribution is 2.33. The molecule has 0 aromatic heterocycles. The van der Waals surface area contributed by atoms with Gasteiger partial charge in [-0.25, -0.2) is 54.2 Å². The van der Waals surface area contributed by atoms with Crippen molar-refractivity contribution in [3.8, 4) is 0 Å². The molecule has 1 atom stereocenters. The van der Waals surface area contributed by atoms with E-state index in [9.17, 15) is 44.4 Å². The second-order valence-electron chi connectivity index (χ2n) is 15.3. The van der Waals surface area contributed by atoms with Crippen LogP contribution in [0.15, 0.2) is 9.98 Å². The largest absolute Gasteiger partial charge is 0.449 e. The van der Waals surface area contributed by atoms with Crippen LogP contribution in [-0.2, 0) is 53.8 Å². The molecule has 2 aliphatic heterocycles. The van der Waals surface area contributed by atoms with Gasteiger partial charge >= 0.3 is 24.2 Å². The molecule has 24 heteroatoms. The normalized spacial score (nSPS) is 19.0. The molecule has 0 aromatic carbocycles. The van der Waals surface area contributed by atoms with Gasteiger partial charge in [-0.3, -0.25) is 15.3 Å². The highest BCUT2D eigenvalue weighted by atomic mass is 32.2. The molecule has 0 bridgehead atoms. The molecule has 2 rings (SSSR count). The molecular weight excluding hydrogens is 889 g/mol. The maximum Gasteiger partial charge on any atom is 0.438 e. The lowest BCUT2D eigenvalue weighted by Crippen LogP contribution is -2.78. The minimum Gasteiger partial charge on any atom is -0.449 e. The third kappa shape index (κ3) is 20.9. The number of amides is 7. The van der Waals surface area contributed by atoms with Crippen LogP contribution in [0.5, 0.6) is 0 Å². The first-order valence-electron chi connectivity index (χ1n) is 22.2. The van der Waals surface area contributed by atoms with Gasteiger partial charge < -0.3 is 14.5 Å². The number of nitrogens with one attached hydrogen (secondary N) is 1. The fourth-order valence-electron chi connectivity index (χ4n) is 6.80. The first-order valence-corrected chi connectivity index (χ1v) is 27.7. The van der Waals surface area contributed by atoms with Gasteiger partial charge in [0.05, 0.1) is 43.6 Å². The van der Waals surface area contributed by atoms with Crippen molar-refractivity contribution in [3.63, 3.8) is 0 Å². The van der Waals surface area contributed by atoms with Crippen LogP contribution in [-0.4, -0.2) is 170 Å². The Balaban J connectivity index is 2.01. The summed E-state index contributed by atoms with van der Waals surface area (Å²) in [7, 11) is -9.40. The quantitative estimate of drug-likeness (QED) is 0.0223. The molecule has 1 spiro atoms. The number of hydrogen-bond acceptors (Lipinski definition) is 17. The van der Waals surface area contributed by atoms with E-state index in [2.05, 4.69) is 15.3 Å². The van der Waals surface area contributed by atoms with E-state index in [0.29, 0.717) is 83.7 Å². The number of alkyl carbamates (subject to hydrolysis) is 1. The molecule has 1 unspecified atom stereocenters. The van der Waals surface area contributed by atoms with Gasteiger partial charge in [0.2, 0.25) is 12.8 Å². The predicted molar refractivity (Wildman–Crippen MR) is 236 cm³/mol. The molecule has 21 nitrogen and oxygen atoms in total. The number of urea groups is 3. The number of unbranched alkanes of at least 4 members (excludes halogenated alkanes) is 6. The van der Waals surface area contributed by atoms with Gasteiger partial charge in [0.15, 0.2) is 6.17 Å². The number of ether oxygens (including phenoxy) is 1. The Bertz CT molecular complexity index is 1710. The minimum absolute atomic E-state index is 0.0162. The fourth-order valence-corrected chi connectivity index (χ4v) is 9.34. The van der Waals surface area contributed by atoms with Gasteiger partial charge in [0, 0.05) is 49.9 Å². The molecule has 2 heterocycles. The molecular formula is C39H71N6O15S3+. The van der Waals surface area contributed by atoms with Crippen LogP contribution in [0.4, 0.5) is 19.2 Å². The van der Waals surface area contributed by atoms with Gasteiger partial charge in [0.1, 0.15) is 29.5 Å². The SMILES string of the molecule is CCS(=O)(=O)CCCOOC=NCCCCCCN1C(=O)N(CCCCCCN=COOCCCS(=O)(=O)CC)C(=O)[N+]2(CCCCCC2NC(=O)OCCCS(=O)(=O)CC)C1=O. The number of quaternary nitrogens is 1. The molecule has 0 aliphatic carbocycles. The van der Waals surface area contributed by atoms with Gasteiger partial charge in [-0.1, -0.05) is 46.5 Å². The number of rotatable bonds is 34. The first kappa shape index (κ1) is 55.7. The van der Waals surface area contributed by atoms with E-state index in [-0.39, 0.29) is 86.8 Å². The van der Waals surface area contributed by atoms with Crippen LogP contribution in [0, 0.1) is 0 Å². The minimum atomic E-state index is -3.26. The lowest BCUT2D eigenvalue weighted by Gasteiger charge is -2.46. The number of nitrogens with zero attached hydrogens (tertiary/aromatic N) is 5. The predicted octanol–water partition coefficient (Wildman–Crippen LogP) is 4.96. The molecule has 2 saturated heterocycles. The highest BCUT2D eigenvalue weighted by Gasteiger charge is 2.62. The van der Waals surface area contributed by atoms with E-state index in [1.54, 1.807) is 13.8 Å². The standard InChI is InChI=1S/C39H70N6O15S3/c1-4-61(50,51)30-18-27-56-36(46)42-35-21-12-11-17-26-45(35)38(48)43(24-15-9-7-13-22-40-33-59-57-28-19-31-62(52,53)5-2)37(47)44(39(45)49)25-16-10-8-14-23-41-34-60-58-29-20-32-63(54,55)6-3/h33-35H,4-32H2,1-3H3/p+1. The third-order valence-electron chi connectivity index (χ3n) is 10.6. The van der Waals surface area contributed by atoms with Crippen molar-refractivity contribution in [1.29, 1.82) is 0 Å². The second kappa shape index (κ2) is 29.9. The van der Waals surface area contributed by atoms with Crippen molar-refractivity contribution in [2.45, 2.75) is 123 Å². The van der Waals surface area contributed by atoms with Crippen LogP contribution >= 0.6 is 0 Å². The summed E-state index contributed by atoms with van der Waals surface area (Å²) in [5, 5.41) is 2.74. The monoisotopic (exact) mass is 959 g/mol. The zero-order valence-corrected chi connectivity index (χ0v) is 39.8. The van der Waals surface area contributed by atoms with E-state index in [0.717, 1.165) is 35.4 Å². The van der Waals surface area contributed by atoms with Crippen molar-refractivity contribution >= 4 is 66.5 Å². The van der Waals surface area contributed by atoms with Crippen LogP contribution < -0.4 is 5.32 Å². The number of hydrogen-bond donors (Lipinski definition) is 1. The summed E-state index contributed by atoms with van der Waals surface area (Å²) in [6.07, 6.45) is 8.22. The van der Waals surface area contributed by atoms with Crippen LogP contribution in [0.25, 0.3) is 0 Å². The molecule has 1 N–H and O–H groups in total. The highest BCUT2D eigenvalue weighted by molar-refractivity contribution is 7.91. The average molecular weight is 960 g/mol. The average Bonchev–Trinajstić information content (AvgIpc) is 3.47. The summed E-state index contributed by atoms with van der Waals surface area (Å²) in [4.78, 5) is 86.1. The third-order valence-corrected chi connectivity index (χ3v) is 16.0. The Kier molecular flexibility index (Phi) is 26.4. The first-order chi connectivity index (χ1) is 30.1. The van der Waals surface area contributed by atoms with E-state index in [1.165, 1.54) is 6.92 Å². The molecule has 0 saturated carbocycles. The maximum atomic E-state index is 14.5. The lowest BCUT2D eigenvalue weighted by molar-refractivity contribution is -0.807. The molecule has 0 aromatic rings. The molecule has 63 heavy (non-hydrogen) atoms. The van der Waals surface area contributed by atoms with E-state index < -0.39 is 64.3 Å². The van der Waals surface area contributed by atoms with E-state index in [1.807, 2.05) is 0 Å². The Hall–Kier alpha value is -3.45. The lowest BCUT2D eigenvalue weighted by atomic mass is 10.1. The van der Waals surface area contributed by atoms with Crippen LogP contribution in [0.2, 0.25) is 0 Å². The molecule has 7 amide bonds. The van der Waals surface area contributed by atoms with Crippen LogP contribution in [0.1, 0.15) is 117 Å². The van der Waals surface area contributed by atoms with Crippen LogP contribution in [0.3, 0.4) is 0 Å². The summed E-state index contributed by atoms with van der Waals surface area (Å²) in [5.74, 6) is -0.00605. The Labute approximate surface area is 373 Å². The van der Waals surface area contributed by atoms with Crippen molar-refractivity contribution in [2.24, 2.45) is 9.98 Å². The number of aliphatic imine (C=N–C) groups is 2. The Morgan fingerprint density at radius 2 is 1.08 bits per heavy atom. The number of carbonyl (C=O) groups is 4. The summed E-state index contributed by atoms with van der Waals surface area (Å²) >= 11 is 0. The summed E-state index contributed by atoms with van der Waals surface area (Å²) < 4.78 is 74.5. The Morgan fingerprint density at radius 3 is 1.54 bits per heavy atom. The molecule has 364 valence electrons. The summed E-state index contributed by atoms with van der Waals surface area (Å²) in [6, 6.07) is -2.11. The molecule has 0 radical (unpaired) electrons. The zero-order chi connectivity index (χ0) is 46.6.